The van der Waals surface area contributed by atoms with Gasteiger partial charge in [0.1, 0.15) is 23.5 Å². The predicted molar refractivity (Wildman–Crippen MR) is 146 cm³/mol. The molecule has 0 aliphatic heterocycles. The van der Waals surface area contributed by atoms with Crippen LogP contribution in [-0.2, 0) is 11.3 Å². The van der Waals surface area contributed by atoms with Gasteiger partial charge in [-0.25, -0.2) is 9.97 Å². The molecular formula is C29H28ClN5O4. The fraction of sp³-hybridized carbons (Fsp3) is 0.345. The molecule has 0 atom stereocenters. The van der Waals surface area contributed by atoms with Crippen LogP contribution in [0.2, 0.25) is 5.02 Å². The van der Waals surface area contributed by atoms with Crippen molar-refractivity contribution in [2.24, 2.45) is 5.41 Å². The standard InChI is InChI=1S/C29H28ClN5O4/c1-28(2,27(36)37)12-13-38-20-8-9-21(22(30)14-20)24-34-23-25(32-17-33-26(23)39-29(3)10-11-29)35(24)16-19-7-5-4-6-18(19)15-31/h4-9,14,17H,10-13,16H2,1-3H3,(H,36,37). The third-order valence-electron chi connectivity index (χ3n) is 7.02. The van der Waals surface area contributed by atoms with Gasteiger partial charge in [-0.05, 0) is 69.9 Å². The summed E-state index contributed by atoms with van der Waals surface area (Å²) in [6.07, 6.45) is 3.69. The van der Waals surface area contributed by atoms with Gasteiger partial charge in [0.25, 0.3) is 0 Å². The summed E-state index contributed by atoms with van der Waals surface area (Å²) in [5.41, 5.74) is 1.94. The van der Waals surface area contributed by atoms with Gasteiger partial charge in [-0.1, -0.05) is 29.8 Å². The van der Waals surface area contributed by atoms with Crippen LogP contribution in [0.1, 0.15) is 51.2 Å². The van der Waals surface area contributed by atoms with Crippen LogP contribution in [0.5, 0.6) is 11.6 Å². The molecule has 10 heteroatoms. The summed E-state index contributed by atoms with van der Waals surface area (Å²) in [6.45, 7) is 5.92. The zero-order valence-corrected chi connectivity index (χ0v) is 22.7. The van der Waals surface area contributed by atoms with Crippen molar-refractivity contribution in [1.82, 2.24) is 19.5 Å². The van der Waals surface area contributed by atoms with Crippen LogP contribution in [0, 0.1) is 16.7 Å². The van der Waals surface area contributed by atoms with Crippen LogP contribution in [-0.4, -0.2) is 42.8 Å². The van der Waals surface area contributed by atoms with E-state index >= 15 is 0 Å². The third kappa shape index (κ3) is 5.52. The van der Waals surface area contributed by atoms with Gasteiger partial charge >= 0.3 is 5.97 Å². The van der Waals surface area contributed by atoms with Crippen LogP contribution < -0.4 is 9.47 Å². The normalized spacial score (nSPS) is 14.1. The number of aliphatic carboxylic acids is 1. The van der Waals surface area contributed by atoms with E-state index < -0.39 is 11.4 Å². The van der Waals surface area contributed by atoms with E-state index in [1.807, 2.05) is 35.8 Å². The van der Waals surface area contributed by atoms with Crippen molar-refractivity contribution in [3.05, 3.63) is 64.9 Å². The van der Waals surface area contributed by atoms with Crippen molar-refractivity contribution >= 4 is 28.7 Å². The first-order valence-corrected chi connectivity index (χ1v) is 13.0. The maximum absolute atomic E-state index is 11.4. The lowest BCUT2D eigenvalue weighted by Crippen LogP contribution is -2.25. The Balaban J connectivity index is 1.53. The van der Waals surface area contributed by atoms with Gasteiger partial charge < -0.3 is 19.1 Å². The van der Waals surface area contributed by atoms with E-state index in [1.54, 1.807) is 32.0 Å². The highest BCUT2D eigenvalue weighted by molar-refractivity contribution is 6.33. The molecule has 1 fully saturated rings. The van der Waals surface area contributed by atoms with E-state index in [0.717, 1.165) is 18.4 Å². The molecule has 1 aliphatic carbocycles. The second kappa shape index (κ2) is 10.2. The first-order chi connectivity index (χ1) is 18.6. The molecule has 1 saturated carbocycles. The molecule has 0 bridgehead atoms. The molecule has 0 spiro atoms. The fourth-order valence-electron chi connectivity index (χ4n) is 4.09. The van der Waals surface area contributed by atoms with Crippen LogP contribution in [0.15, 0.2) is 48.8 Å². The first-order valence-electron chi connectivity index (χ1n) is 12.6. The Morgan fingerprint density at radius 3 is 2.69 bits per heavy atom. The number of rotatable bonds is 10. The second-order valence-corrected chi connectivity index (χ2v) is 11.0. The topological polar surface area (TPSA) is 123 Å². The second-order valence-electron chi connectivity index (χ2n) is 10.6. The Bertz CT molecular complexity index is 1600. The minimum Gasteiger partial charge on any atom is -0.494 e. The predicted octanol–water partition coefficient (Wildman–Crippen LogP) is 5.88. The molecule has 2 aromatic heterocycles. The Kier molecular flexibility index (Phi) is 6.91. The van der Waals surface area contributed by atoms with Crippen LogP contribution in [0.4, 0.5) is 0 Å². The SMILES string of the molecule is CC1(Oc2ncnc3c2nc(-c2ccc(OCCC(C)(C)C(=O)O)cc2Cl)n3Cc2ccccc2C#N)CC1. The minimum atomic E-state index is -0.896. The highest BCUT2D eigenvalue weighted by Crippen LogP contribution is 2.41. The van der Waals surface area contributed by atoms with Crippen LogP contribution in [0.3, 0.4) is 0 Å². The van der Waals surface area contributed by atoms with Crippen molar-refractivity contribution in [2.45, 2.75) is 52.2 Å². The van der Waals surface area contributed by atoms with Gasteiger partial charge in [-0.15, -0.1) is 0 Å². The van der Waals surface area contributed by atoms with Gasteiger partial charge in [0.2, 0.25) is 5.88 Å². The molecule has 1 N–H and O–H groups in total. The summed E-state index contributed by atoms with van der Waals surface area (Å²) in [5, 5.41) is 19.4. The zero-order chi connectivity index (χ0) is 27.8. The lowest BCUT2D eigenvalue weighted by molar-refractivity contribution is -0.147. The summed E-state index contributed by atoms with van der Waals surface area (Å²) in [6, 6.07) is 14.9. The zero-order valence-electron chi connectivity index (χ0n) is 21.9. The van der Waals surface area contributed by atoms with Gasteiger partial charge in [0.05, 0.1) is 35.2 Å². The summed E-state index contributed by atoms with van der Waals surface area (Å²) >= 11 is 6.75. The maximum atomic E-state index is 11.4. The van der Waals surface area contributed by atoms with Crippen LogP contribution >= 0.6 is 11.6 Å². The van der Waals surface area contributed by atoms with Gasteiger partial charge in [0, 0.05) is 5.56 Å². The van der Waals surface area contributed by atoms with Crippen molar-refractivity contribution in [3.63, 3.8) is 0 Å². The summed E-state index contributed by atoms with van der Waals surface area (Å²) in [7, 11) is 0. The highest BCUT2D eigenvalue weighted by Gasteiger charge is 2.41. The summed E-state index contributed by atoms with van der Waals surface area (Å²) in [4.78, 5) is 25.2. The summed E-state index contributed by atoms with van der Waals surface area (Å²) in [5.74, 6) is 0.602. The smallest absolute Gasteiger partial charge is 0.309 e. The number of carbonyl (C=O) groups is 1. The number of benzene rings is 2. The monoisotopic (exact) mass is 545 g/mol. The molecule has 200 valence electrons. The number of nitrogens with zero attached hydrogens (tertiary/aromatic N) is 5. The number of imidazole rings is 1. The number of hydrogen-bond donors (Lipinski definition) is 1. The largest absolute Gasteiger partial charge is 0.494 e. The molecule has 1 aliphatic rings. The number of carboxylic acid groups (broad SMARTS) is 1. The quantitative estimate of drug-likeness (QED) is 0.262. The van der Waals surface area contributed by atoms with Crippen molar-refractivity contribution in [3.8, 4) is 29.1 Å². The molecule has 0 unspecified atom stereocenters. The van der Waals surface area contributed by atoms with Crippen LogP contribution in [0.25, 0.3) is 22.6 Å². The van der Waals surface area contributed by atoms with E-state index in [1.165, 1.54) is 6.33 Å². The number of aromatic nitrogens is 4. The fourth-order valence-corrected chi connectivity index (χ4v) is 4.35. The Morgan fingerprint density at radius 2 is 2.00 bits per heavy atom. The highest BCUT2D eigenvalue weighted by atomic mass is 35.5. The van der Waals surface area contributed by atoms with Gasteiger partial charge in [-0.2, -0.15) is 10.2 Å². The number of hydrogen-bond acceptors (Lipinski definition) is 7. The van der Waals surface area contributed by atoms with E-state index in [0.29, 0.717) is 57.7 Å². The van der Waals surface area contributed by atoms with E-state index in [2.05, 4.69) is 16.0 Å². The Hall–Kier alpha value is -4.16. The molecule has 4 aromatic rings. The lowest BCUT2D eigenvalue weighted by atomic mass is 9.90. The molecule has 2 heterocycles. The summed E-state index contributed by atoms with van der Waals surface area (Å²) < 4.78 is 13.9. The lowest BCUT2D eigenvalue weighted by Gasteiger charge is -2.19. The number of carboxylic acids is 1. The van der Waals surface area contributed by atoms with Gasteiger partial charge in [0.15, 0.2) is 11.2 Å². The van der Waals surface area contributed by atoms with E-state index in [9.17, 15) is 15.2 Å². The van der Waals surface area contributed by atoms with E-state index in [-0.39, 0.29) is 12.2 Å². The average molecular weight is 546 g/mol. The number of halogens is 1. The van der Waals surface area contributed by atoms with Crippen molar-refractivity contribution < 1.29 is 19.4 Å². The number of ether oxygens (including phenoxy) is 2. The average Bonchev–Trinajstić information content (AvgIpc) is 3.52. The Labute approximate surface area is 231 Å². The van der Waals surface area contributed by atoms with Crippen molar-refractivity contribution in [1.29, 1.82) is 5.26 Å². The minimum absolute atomic E-state index is 0.230. The third-order valence-corrected chi connectivity index (χ3v) is 7.33. The van der Waals surface area contributed by atoms with Crippen molar-refractivity contribution in [2.75, 3.05) is 6.61 Å². The molecule has 9 nitrogen and oxygen atoms in total. The molecule has 39 heavy (non-hydrogen) atoms. The number of nitriles is 1. The maximum Gasteiger partial charge on any atom is 0.309 e. The molecule has 0 saturated heterocycles. The first kappa shape index (κ1) is 26.4. The molecule has 5 rings (SSSR count). The number of fused-ring (bicyclic) bond motifs is 1. The molecule has 0 amide bonds. The molecule has 0 radical (unpaired) electrons. The van der Waals surface area contributed by atoms with Gasteiger partial charge in [-0.3, -0.25) is 4.79 Å². The molecule has 2 aromatic carbocycles. The Morgan fingerprint density at radius 1 is 1.23 bits per heavy atom. The van der Waals surface area contributed by atoms with E-state index in [4.69, 9.17) is 26.1 Å². The molecular weight excluding hydrogens is 518 g/mol.